The van der Waals surface area contributed by atoms with Crippen molar-refractivity contribution >= 4 is 12.2 Å². The van der Waals surface area contributed by atoms with Crippen LogP contribution >= 0.6 is 0 Å². The number of para-hydroxylation sites is 1. The Labute approximate surface area is 107 Å². The van der Waals surface area contributed by atoms with Crippen molar-refractivity contribution in [3.63, 3.8) is 0 Å². The smallest absolute Gasteiger partial charge is 0.260 e. The lowest BCUT2D eigenvalue weighted by atomic mass is 10.00. The van der Waals surface area contributed by atoms with E-state index in [2.05, 4.69) is 0 Å². The minimum atomic E-state index is -0.0506. The van der Waals surface area contributed by atoms with Gasteiger partial charge < -0.3 is 14.4 Å². The average molecular weight is 247 g/mol. The minimum absolute atomic E-state index is 0.0144. The Morgan fingerprint density at radius 2 is 2.17 bits per heavy atom. The highest BCUT2D eigenvalue weighted by atomic mass is 16.5. The molecule has 0 saturated carbocycles. The lowest BCUT2D eigenvalue weighted by Gasteiger charge is -2.30. The third kappa shape index (κ3) is 3.32. The maximum absolute atomic E-state index is 11.9. The van der Waals surface area contributed by atoms with Gasteiger partial charge in [0.15, 0.2) is 6.61 Å². The van der Waals surface area contributed by atoms with Crippen LogP contribution in [0, 0.1) is 5.92 Å². The molecular weight excluding hydrogens is 230 g/mol. The van der Waals surface area contributed by atoms with Crippen LogP contribution < -0.4 is 4.74 Å². The van der Waals surface area contributed by atoms with E-state index in [0.717, 1.165) is 25.7 Å². The molecule has 0 N–H and O–H groups in total. The van der Waals surface area contributed by atoms with E-state index in [1.54, 1.807) is 4.90 Å². The van der Waals surface area contributed by atoms with E-state index >= 15 is 0 Å². The zero-order valence-corrected chi connectivity index (χ0v) is 10.2. The van der Waals surface area contributed by atoms with Crippen LogP contribution in [-0.2, 0) is 9.59 Å². The Hall–Kier alpha value is -1.84. The summed E-state index contributed by atoms with van der Waals surface area (Å²) in [5, 5.41) is 0. The van der Waals surface area contributed by atoms with Gasteiger partial charge in [-0.2, -0.15) is 0 Å². The normalized spacial score (nSPS) is 19.3. The first kappa shape index (κ1) is 12.6. The molecule has 1 aromatic rings. The highest BCUT2D eigenvalue weighted by molar-refractivity contribution is 5.78. The number of nitrogens with zero attached hydrogens (tertiary/aromatic N) is 1. The van der Waals surface area contributed by atoms with Crippen molar-refractivity contribution in [3.8, 4) is 5.75 Å². The van der Waals surface area contributed by atoms with Gasteiger partial charge >= 0.3 is 0 Å². The molecule has 2 rings (SSSR count). The summed E-state index contributed by atoms with van der Waals surface area (Å²) in [7, 11) is 0. The lowest BCUT2D eigenvalue weighted by Crippen LogP contribution is -2.42. The van der Waals surface area contributed by atoms with Gasteiger partial charge in [0.25, 0.3) is 5.91 Å². The molecule has 18 heavy (non-hydrogen) atoms. The van der Waals surface area contributed by atoms with Crippen molar-refractivity contribution in [2.24, 2.45) is 5.92 Å². The number of benzene rings is 1. The summed E-state index contributed by atoms with van der Waals surface area (Å²) in [5.74, 6) is 0.625. The number of likely N-dealkylation sites (tertiary alicyclic amines) is 1. The Morgan fingerprint density at radius 1 is 1.39 bits per heavy atom. The number of hydrogen-bond donors (Lipinski definition) is 0. The van der Waals surface area contributed by atoms with E-state index in [4.69, 9.17) is 4.74 Å². The van der Waals surface area contributed by atoms with Crippen LogP contribution in [-0.4, -0.2) is 36.8 Å². The molecule has 1 amide bonds. The molecule has 4 heteroatoms. The summed E-state index contributed by atoms with van der Waals surface area (Å²) in [6.07, 6.45) is 2.71. The van der Waals surface area contributed by atoms with Gasteiger partial charge in [0, 0.05) is 19.0 Å². The van der Waals surface area contributed by atoms with Gasteiger partial charge in [0.2, 0.25) is 0 Å². The molecule has 1 aliphatic heterocycles. The molecule has 0 aliphatic carbocycles. The topological polar surface area (TPSA) is 46.6 Å². The third-order valence-corrected chi connectivity index (χ3v) is 3.11. The molecule has 1 unspecified atom stereocenters. The molecule has 1 aromatic carbocycles. The molecule has 0 aromatic heterocycles. The number of piperidine rings is 1. The SMILES string of the molecule is O=CC1CCCN(C(=O)COc2ccccc2)C1. The number of hydrogen-bond acceptors (Lipinski definition) is 3. The van der Waals surface area contributed by atoms with Gasteiger partial charge in [-0.1, -0.05) is 18.2 Å². The molecule has 4 nitrogen and oxygen atoms in total. The van der Waals surface area contributed by atoms with Gasteiger partial charge in [-0.05, 0) is 25.0 Å². The highest BCUT2D eigenvalue weighted by Crippen LogP contribution is 2.15. The summed E-state index contributed by atoms with van der Waals surface area (Å²) >= 11 is 0. The van der Waals surface area contributed by atoms with Crippen LogP contribution in [0.25, 0.3) is 0 Å². The second-order valence-corrected chi connectivity index (χ2v) is 4.48. The van der Waals surface area contributed by atoms with Crippen molar-refractivity contribution in [3.05, 3.63) is 30.3 Å². The molecule has 1 saturated heterocycles. The summed E-state index contributed by atoms with van der Waals surface area (Å²) < 4.78 is 5.41. The minimum Gasteiger partial charge on any atom is -0.484 e. The Kier molecular flexibility index (Phi) is 4.34. The van der Waals surface area contributed by atoms with E-state index < -0.39 is 0 Å². The van der Waals surface area contributed by atoms with Crippen molar-refractivity contribution in [1.29, 1.82) is 0 Å². The van der Waals surface area contributed by atoms with Gasteiger partial charge in [0.05, 0.1) is 0 Å². The fourth-order valence-corrected chi connectivity index (χ4v) is 2.10. The van der Waals surface area contributed by atoms with Crippen LogP contribution in [0.1, 0.15) is 12.8 Å². The highest BCUT2D eigenvalue weighted by Gasteiger charge is 2.23. The van der Waals surface area contributed by atoms with Gasteiger partial charge in [-0.3, -0.25) is 4.79 Å². The number of aldehydes is 1. The monoisotopic (exact) mass is 247 g/mol. The summed E-state index contributed by atoms with van der Waals surface area (Å²) in [6, 6.07) is 9.26. The first-order valence-electron chi connectivity index (χ1n) is 6.20. The number of rotatable bonds is 4. The van der Waals surface area contributed by atoms with E-state index in [0.29, 0.717) is 12.3 Å². The van der Waals surface area contributed by atoms with E-state index in [1.807, 2.05) is 30.3 Å². The molecule has 1 heterocycles. The van der Waals surface area contributed by atoms with Gasteiger partial charge in [-0.25, -0.2) is 0 Å². The van der Waals surface area contributed by atoms with Crippen LogP contribution in [0.2, 0.25) is 0 Å². The number of carbonyl (C=O) groups is 2. The van der Waals surface area contributed by atoms with E-state index in [-0.39, 0.29) is 18.4 Å². The maximum Gasteiger partial charge on any atom is 0.260 e. The number of carbonyl (C=O) groups excluding carboxylic acids is 2. The van der Waals surface area contributed by atoms with Crippen molar-refractivity contribution in [2.75, 3.05) is 19.7 Å². The largest absolute Gasteiger partial charge is 0.484 e. The molecule has 0 spiro atoms. The summed E-state index contributed by atoms with van der Waals surface area (Å²) in [5.41, 5.74) is 0. The fraction of sp³-hybridized carbons (Fsp3) is 0.429. The molecule has 0 radical (unpaired) electrons. The lowest BCUT2D eigenvalue weighted by molar-refractivity contribution is -0.135. The van der Waals surface area contributed by atoms with E-state index in [9.17, 15) is 9.59 Å². The molecular formula is C14H17NO3. The summed E-state index contributed by atoms with van der Waals surface area (Å²) in [6.45, 7) is 1.29. The molecule has 1 fully saturated rings. The predicted molar refractivity (Wildman–Crippen MR) is 67.3 cm³/mol. The van der Waals surface area contributed by atoms with E-state index in [1.165, 1.54) is 0 Å². The zero-order valence-electron chi connectivity index (χ0n) is 10.2. The molecule has 96 valence electrons. The van der Waals surface area contributed by atoms with Crippen LogP contribution in [0.15, 0.2) is 30.3 Å². The van der Waals surface area contributed by atoms with Crippen molar-refractivity contribution in [2.45, 2.75) is 12.8 Å². The summed E-state index contributed by atoms with van der Waals surface area (Å²) in [4.78, 5) is 24.4. The molecule has 1 aliphatic rings. The van der Waals surface area contributed by atoms with Crippen molar-refractivity contribution < 1.29 is 14.3 Å². The first-order chi connectivity index (χ1) is 8.79. The van der Waals surface area contributed by atoms with Crippen LogP contribution in [0.4, 0.5) is 0 Å². The van der Waals surface area contributed by atoms with Crippen molar-refractivity contribution in [1.82, 2.24) is 4.90 Å². The number of amides is 1. The van der Waals surface area contributed by atoms with Crippen LogP contribution in [0.5, 0.6) is 5.75 Å². The quantitative estimate of drug-likeness (QED) is 0.757. The third-order valence-electron chi connectivity index (χ3n) is 3.11. The maximum atomic E-state index is 11.9. The Balaban J connectivity index is 1.82. The Morgan fingerprint density at radius 3 is 2.89 bits per heavy atom. The average Bonchev–Trinajstić information content (AvgIpc) is 2.46. The standard InChI is InChI=1S/C14H17NO3/c16-10-12-5-4-8-15(9-12)14(17)11-18-13-6-2-1-3-7-13/h1-3,6-7,10,12H,4-5,8-9,11H2. The zero-order chi connectivity index (χ0) is 12.8. The van der Waals surface area contributed by atoms with Gasteiger partial charge in [-0.15, -0.1) is 0 Å². The molecule has 1 atom stereocenters. The molecule has 0 bridgehead atoms. The second kappa shape index (κ2) is 6.19. The van der Waals surface area contributed by atoms with Gasteiger partial charge in [0.1, 0.15) is 12.0 Å². The second-order valence-electron chi connectivity index (χ2n) is 4.48. The first-order valence-corrected chi connectivity index (χ1v) is 6.20. The Bertz CT molecular complexity index is 405. The fourth-order valence-electron chi connectivity index (χ4n) is 2.10. The van der Waals surface area contributed by atoms with Crippen LogP contribution in [0.3, 0.4) is 0 Å². The predicted octanol–water partition coefficient (Wildman–Crippen LogP) is 1.50. The number of ether oxygens (including phenoxy) is 1.